The minimum Gasteiger partial charge on any atom is -0.396 e. The van der Waals surface area contributed by atoms with Crippen LogP contribution in [-0.2, 0) is 4.79 Å². The molecule has 1 saturated heterocycles. The second-order valence-corrected chi connectivity index (χ2v) is 5.22. The maximum atomic E-state index is 12.0. The molecule has 21 heavy (non-hydrogen) atoms. The Bertz CT molecular complexity index is 501. The smallest absolute Gasteiger partial charge is 0.315 e. The highest BCUT2D eigenvalue weighted by molar-refractivity contribution is 5.96. The van der Waals surface area contributed by atoms with Gasteiger partial charge in [-0.25, -0.2) is 4.79 Å². The number of nitrogens with one attached hydrogen (secondary N) is 2. The van der Waals surface area contributed by atoms with Crippen LogP contribution >= 0.6 is 0 Å². The van der Waals surface area contributed by atoms with Crippen LogP contribution in [0.1, 0.15) is 18.4 Å². The molecule has 2 rings (SSSR count). The molecule has 1 aliphatic heterocycles. The van der Waals surface area contributed by atoms with Gasteiger partial charge in [0.25, 0.3) is 0 Å². The van der Waals surface area contributed by atoms with Gasteiger partial charge in [0.2, 0.25) is 5.91 Å². The van der Waals surface area contributed by atoms with Gasteiger partial charge in [-0.3, -0.25) is 4.79 Å². The number of rotatable bonds is 5. The molecule has 1 heterocycles. The first-order chi connectivity index (χ1) is 10.1. The summed E-state index contributed by atoms with van der Waals surface area (Å²) in [6.45, 7) is 2.94. The molecule has 114 valence electrons. The second kappa shape index (κ2) is 7.08. The van der Waals surface area contributed by atoms with Gasteiger partial charge >= 0.3 is 6.03 Å². The van der Waals surface area contributed by atoms with Crippen LogP contribution in [0.5, 0.6) is 0 Å². The van der Waals surface area contributed by atoms with E-state index in [9.17, 15) is 9.59 Å². The summed E-state index contributed by atoms with van der Waals surface area (Å²) in [5.41, 5.74) is 2.00. The minimum absolute atomic E-state index is 0.0134. The van der Waals surface area contributed by atoms with Crippen molar-refractivity contribution in [2.45, 2.75) is 25.8 Å². The molecule has 6 nitrogen and oxygen atoms in total. The molecule has 1 aromatic rings. The molecule has 6 heteroatoms. The minimum atomic E-state index is -0.299. The molecule has 1 aromatic carbocycles. The van der Waals surface area contributed by atoms with Crippen LogP contribution < -0.4 is 15.5 Å². The van der Waals surface area contributed by atoms with Crippen LogP contribution in [0.25, 0.3) is 0 Å². The summed E-state index contributed by atoms with van der Waals surface area (Å²) in [6.07, 6.45) is 0.827. The summed E-state index contributed by atoms with van der Waals surface area (Å²) in [5, 5.41) is 14.1. The lowest BCUT2D eigenvalue weighted by atomic mass is 10.2. The summed E-state index contributed by atoms with van der Waals surface area (Å²) >= 11 is 0. The number of hydrogen-bond donors (Lipinski definition) is 3. The first-order valence-corrected chi connectivity index (χ1v) is 7.12. The van der Waals surface area contributed by atoms with E-state index in [0.717, 1.165) is 11.3 Å². The highest BCUT2D eigenvalue weighted by atomic mass is 16.3. The Hall–Kier alpha value is -2.08. The number of urea groups is 1. The molecular weight excluding hydrogens is 270 g/mol. The Morgan fingerprint density at radius 2 is 2.10 bits per heavy atom. The van der Waals surface area contributed by atoms with E-state index in [0.29, 0.717) is 25.9 Å². The van der Waals surface area contributed by atoms with Crippen molar-refractivity contribution < 1.29 is 14.7 Å². The fourth-order valence-corrected chi connectivity index (χ4v) is 2.30. The highest BCUT2D eigenvalue weighted by Gasteiger charge is 2.31. The van der Waals surface area contributed by atoms with Gasteiger partial charge in [-0.15, -0.1) is 0 Å². The van der Waals surface area contributed by atoms with Crippen LogP contribution in [0.4, 0.5) is 10.5 Å². The number of carbonyl (C=O) groups is 2. The maximum absolute atomic E-state index is 12.0. The Morgan fingerprint density at radius 1 is 1.38 bits per heavy atom. The molecule has 1 aliphatic rings. The number of aliphatic hydroxyl groups is 1. The fourth-order valence-electron chi connectivity index (χ4n) is 2.30. The number of nitrogens with zero attached hydrogens (tertiary/aromatic N) is 1. The van der Waals surface area contributed by atoms with Crippen LogP contribution in [0.15, 0.2) is 24.3 Å². The molecule has 0 aliphatic carbocycles. The van der Waals surface area contributed by atoms with Crippen molar-refractivity contribution >= 4 is 17.6 Å². The van der Waals surface area contributed by atoms with Gasteiger partial charge < -0.3 is 20.6 Å². The van der Waals surface area contributed by atoms with E-state index in [1.165, 1.54) is 0 Å². The summed E-state index contributed by atoms with van der Waals surface area (Å²) in [6, 6.07) is 7.27. The lowest BCUT2D eigenvalue weighted by molar-refractivity contribution is -0.117. The molecule has 3 N–H and O–H groups in total. The Kier molecular flexibility index (Phi) is 5.16. The largest absolute Gasteiger partial charge is 0.396 e. The molecule has 0 aromatic heterocycles. The summed E-state index contributed by atoms with van der Waals surface area (Å²) in [7, 11) is 0. The Labute approximate surface area is 124 Å². The van der Waals surface area contributed by atoms with E-state index in [4.69, 9.17) is 5.11 Å². The highest BCUT2D eigenvalue weighted by Crippen LogP contribution is 2.21. The third kappa shape index (κ3) is 4.19. The van der Waals surface area contributed by atoms with Crippen molar-refractivity contribution in [1.29, 1.82) is 0 Å². The number of amides is 3. The zero-order chi connectivity index (χ0) is 15.2. The van der Waals surface area contributed by atoms with E-state index < -0.39 is 0 Å². The third-order valence-electron chi connectivity index (χ3n) is 3.43. The number of aliphatic hydroxyl groups excluding tert-OH is 1. The quantitative estimate of drug-likeness (QED) is 0.701. The van der Waals surface area contributed by atoms with Crippen LogP contribution in [-0.4, -0.2) is 42.8 Å². The Morgan fingerprint density at radius 3 is 2.76 bits per heavy atom. The lowest BCUT2D eigenvalue weighted by Gasteiger charge is -2.17. The summed E-state index contributed by atoms with van der Waals surface area (Å²) < 4.78 is 0. The maximum Gasteiger partial charge on any atom is 0.315 e. The SMILES string of the molecule is Cc1ccc(N2C[C@@H](NC(=O)NCCCO)CC2=O)cc1. The van der Waals surface area contributed by atoms with E-state index >= 15 is 0 Å². The molecule has 0 radical (unpaired) electrons. The lowest BCUT2D eigenvalue weighted by Crippen LogP contribution is -2.43. The van der Waals surface area contributed by atoms with E-state index in [-0.39, 0.29) is 24.6 Å². The zero-order valence-corrected chi connectivity index (χ0v) is 12.1. The topological polar surface area (TPSA) is 81.7 Å². The molecule has 0 spiro atoms. The molecule has 0 bridgehead atoms. The molecule has 1 atom stereocenters. The number of anilines is 1. The third-order valence-corrected chi connectivity index (χ3v) is 3.43. The van der Waals surface area contributed by atoms with Gasteiger partial charge in [0.1, 0.15) is 0 Å². The summed E-state index contributed by atoms with van der Waals surface area (Å²) in [4.78, 5) is 25.4. The predicted octanol–water partition coefficient (Wildman–Crippen LogP) is 0.782. The molecule has 0 saturated carbocycles. The van der Waals surface area contributed by atoms with Gasteiger partial charge in [-0.05, 0) is 25.5 Å². The van der Waals surface area contributed by atoms with Crippen molar-refractivity contribution in [2.24, 2.45) is 0 Å². The van der Waals surface area contributed by atoms with Crippen molar-refractivity contribution in [1.82, 2.24) is 10.6 Å². The average Bonchev–Trinajstić information content (AvgIpc) is 2.80. The van der Waals surface area contributed by atoms with E-state index in [2.05, 4.69) is 10.6 Å². The van der Waals surface area contributed by atoms with Crippen molar-refractivity contribution in [3.05, 3.63) is 29.8 Å². The summed E-state index contributed by atoms with van der Waals surface area (Å²) in [5.74, 6) is 0.0134. The van der Waals surface area contributed by atoms with E-state index in [1.54, 1.807) is 4.90 Å². The zero-order valence-electron chi connectivity index (χ0n) is 12.1. The number of benzene rings is 1. The van der Waals surface area contributed by atoms with Gasteiger partial charge in [0.15, 0.2) is 0 Å². The molecule has 0 unspecified atom stereocenters. The predicted molar refractivity (Wildman–Crippen MR) is 80.2 cm³/mol. The fraction of sp³-hybridized carbons (Fsp3) is 0.467. The van der Waals surface area contributed by atoms with Crippen LogP contribution in [0, 0.1) is 6.92 Å². The van der Waals surface area contributed by atoms with E-state index in [1.807, 2.05) is 31.2 Å². The van der Waals surface area contributed by atoms with Gasteiger partial charge in [-0.2, -0.15) is 0 Å². The van der Waals surface area contributed by atoms with Gasteiger partial charge in [-0.1, -0.05) is 17.7 Å². The van der Waals surface area contributed by atoms with Crippen molar-refractivity contribution in [3.63, 3.8) is 0 Å². The standard InChI is InChI=1S/C15H21N3O3/c1-11-3-5-13(6-4-11)18-10-12(9-14(18)20)17-15(21)16-7-2-8-19/h3-6,12,19H,2,7-10H2,1H3,(H2,16,17,21)/t12-/m0/s1. The van der Waals surface area contributed by atoms with Crippen LogP contribution in [0.2, 0.25) is 0 Å². The Balaban J connectivity index is 1.87. The molecule has 1 fully saturated rings. The first kappa shape index (κ1) is 15.3. The monoisotopic (exact) mass is 291 g/mol. The van der Waals surface area contributed by atoms with Gasteiger partial charge in [0.05, 0.1) is 6.04 Å². The first-order valence-electron chi connectivity index (χ1n) is 7.12. The van der Waals surface area contributed by atoms with Crippen molar-refractivity contribution in [2.75, 3.05) is 24.6 Å². The van der Waals surface area contributed by atoms with Gasteiger partial charge in [0, 0.05) is 31.8 Å². The molecular formula is C15H21N3O3. The normalized spacial score (nSPS) is 17.9. The van der Waals surface area contributed by atoms with Crippen molar-refractivity contribution in [3.8, 4) is 0 Å². The number of carbonyl (C=O) groups excluding carboxylic acids is 2. The number of hydrogen-bond acceptors (Lipinski definition) is 3. The van der Waals surface area contributed by atoms with Crippen LogP contribution in [0.3, 0.4) is 0 Å². The molecule has 3 amide bonds. The average molecular weight is 291 g/mol. The second-order valence-electron chi connectivity index (χ2n) is 5.22. The number of aryl methyl sites for hydroxylation is 1.